The molecule has 13 rings (SSSR count). The van der Waals surface area contributed by atoms with Gasteiger partial charge in [-0.05, 0) is 130 Å². The van der Waals surface area contributed by atoms with Crippen LogP contribution in [0.25, 0.3) is 98.1 Å². The molecule has 3 aromatic heterocycles. The van der Waals surface area contributed by atoms with Gasteiger partial charge < -0.3 is 18.8 Å². The third-order valence-electron chi connectivity index (χ3n) is 14.8. The molecular weight excluding hydrogens is 1110 g/mol. The fraction of sp³-hybridized carbons (Fsp3) is 0.116. The molecule has 0 atom stereocenters. The van der Waals surface area contributed by atoms with E-state index in [4.69, 9.17) is 16.3 Å². The molecule has 7 heteroatoms. The van der Waals surface area contributed by atoms with Crippen LogP contribution in [0.4, 0.5) is 17.1 Å². The summed E-state index contributed by atoms with van der Waals surface area (Å²) < 4.78 is 11.3. The zero-order valence-corrected chi connectivity index (χ0v) is 45.4. The molecule has 0 radical (unpaired) electrons. The van der Waals surface area contributed by atoms with E-state index in [9.17, 15) is 0 Å². The standard InChI is InChI=1S/C69H52N5O.Pt/c1-68(2,3)47-33-34-71-65(38-47)74-62-29-16-15-25-58(62)59-32-31-51(42-64(59)74)75-52-40-49(70-7)39-50(41-52)72-43-73-66-53(46-35-45(44-19-9-8-10-20-44)36-48(37-46)69(4,5)6)26-17-27-60(66)56-23-13-11-21-54(56)55-22-12-14-24-57(55)61-28-18-30-63(72)67(61)73;/h8-40,43H,1-6H3;/q-3;. The Morgan fingerprint density at radius 1 is 0.513 bits per heavy atom. The van der Waals surface area contributed by atoms with Gasteiger partial charge in [0, 0.05) is 50.0 Å². The molecule has 1 aliphatic rings. The van der Waals surface area contributed by atoms with Crippen LogP contribution in [0.15, 0.2) is 200 Å². The van der Waals surface area contributed by atoms with Crippen molar-refractivity contribution >= 4 is 82.2 Å². The first-order valence-corrected chi connectivity index (χ1v) is 25.5. The molecule has 76 heavy (non-hydrogen) atoms. The number of pyridine rings is 1. The molecule has 4 heterocycles. The number of hydrogen-bond acceptors (Lipinski definition) is 3. The van der Waals surface area contributed by atoms with Crippen molar-refractivity contribution in [2.45, 2.75) is 52.4 Å². The van der Waals surface area contributed by atoms with Crippen molar-refractivity contribution < 1.29 is 25.8 Å². The number of anilines is 2. The zero-order chi connectivity index (χ0) is 51.2. The summed E-state index contributed by atoms with van der Waals surface area (Å²) >= 11 is 0. The topological polar surface area (TPSA) is 39.6 Å². The molecule has 0 saturated heterocycles. The molecular formula is C69H52N5OPt-3. The first kappa shape index (κ1) is 48.3. The monoisotopic (exact) mass is 1160 g/mol. The Hall–Kier alpha value is -8.62. The first-order valence-electron chi connectivity index (χ1n) is 25.5. The largest absolute Gasteiger partial charge is 0.510 e. The van der Waals surface area contributed by atoms with E-state index in [1.54, 1.807) is 6.07 Å². The van der Waals surface area contributed by atoms with E-state index in [2.05, 4.69) is 255 Å². The van der Waals surface area contributed by atoms with E-state index < -0.39 is 0 Å². The molecule has 372 valence electrons. The van der Waals surface area contributed by atoms with Crippen LogP contribution < -0.4 is 9.64 Å². The van der Waals surface area contributed by atoms with Crippen molar-refractivity contribution in [2.75, 3.05) is 4.90 Å². The van der Waals surface area contributed by atoms with Crippen molar-refractivity contribution in [3.05, 3.63) is 242 Å². The number of hydrogen-bond donors (Lipinski definition) is 0. The predicted octanol–water partition coefficient (Wildman–Crippen LogP) is 18.7. The van der Waals surface area contributed by atoms with E-state index in [0.717, 1.165) is 82.4 Å². The second kappa shape index (κ2) is 18.6. The van der Waals surface area contributed by atoms with Crippen LogP contribution in [0.3, 0.4) is 0 Å². The van der Waals surface area contributed by atoms with Gasteiger partial charge in [0.25, 0.3) is 0 Å². The summed E-state index contributed by atoms with van der Waals surface area (Å²) in [7, 11) is 0. The van der Waals surface area contributed by atoms with Gasteiger partial charge in [0.05, 0.1) is 12.3 Å². The Bertz CT molecular complexity index is 4410. The predicted molar refractivity (Wildman–Crippen MR) is 311 cm³/mol. The minimum atomic E-state index is -0.120. The van der Waals surface area contributed by atoms with E-state index >= 15 is 0 Å². The normalized spacial score (nSPS) is 12.3. The molecule has 0 aliphatic carbocycles. The van der Waals surface area contributed by atoms with Gasteiger partial charge in [-0.15, -0.1) is 35.7 Å². The Balaban J connectivity index is 0.00000582. The zero-order valence-electron chi connectivity index (χ0n) is 43.1. The third-order valence-corrected chi connectivity index (χ3v) is 14.8. The van der Waals surface area contributed by atoms with Gasteiger partial charge in [0.15, 0.2) is 0 Å². The molecule has 0 amide bonds. The molecule has 1 aliphatic heterocycles. The summed E-state index contributed by atoms with van der Waals surface area (Å²) in [6.07, 6.45) is 1.89. The number of rotatable bonds is 6. The summed E-state index contributed by atoms with van der Waals surface area (Å²) in [4.78, 5) is 11.1. The van der Waals surface area contributed by atoms with Crippen LogP contribution in [0, 0.1) is 25.4 Å². The number of benzene rings is 9. The van der Waals surface area contributed by atoms with Crippen molar-refractivity contribution in [1.82, 2.24) is 14.1 Å². The molecule has 0 fully saturated rings. The average molecular weight is 1160 g/mol. The van der Waals surface area contributed by atoms with E-state index in [0.29, 0.717) is 22.9 Å². The minimum Gasteiger partial charge on any atom is -0.510 e. The van der Waals surface area contributed by atoms with E-state index in [1.807, 2.05) is 18.3 Å². The van der Waals surface area contributed by atoms with Gasteiger partial charge in [-0.3, -0.25) is 4.85 Å². The van der Waals surface area contributed by atoms with Gasteiger partial charge in [-0.1, -0.05) is 192 Å². The third kappa shape index (κ3) is 8.24. The fourth-order valence-corrected chi connectivity index (χ4v) is 11.0. The quantitative estimate of drug-likeness (QED) is 0.156. The fourth-order valence-electron chi connectivity index (χ4n) is 11.0. The SMILES string of the molecule is [C-]#[N+]c1cc(Oc2[c-]c3c(cc2)c2ccccc2n3-c2cc(C(C)(C)C)ccn2)[c-]c(N2[CH-]n3c4c(-c5cc(-c6ccccc6)cc(C(C)(C)C)c5)cccc4c4ccccc4c4ccccc4c4cccc2c43)c1.[Pt]. The Morgan fingerprint density at radius 3 is 1.83 bits per heavy atom. The Kier molecular flexibility index (Phi) is 11.9. The second-order valence-corrected chi connectivity index (χ2v) is 21.6. The first-order chi connectivity index (χ1) is 36.4. The van der Waals surface area contributed by atoms with Crippen LogP contribution >= 0.6 is 0 Å². The summed E-state index contributed by atoms with van der Waals surface area (Å²) in [6.45, 7) is 24.1. The number of nitrogens with zero attached hydrogens (tertiary/aromatic N) is 5. The molecule has 12 aromatic rings. The maximum absolute atomic E-state index is 8.40. The van der Waals surface area contributed by atoms with Crippen molar-refractivity contribution in [1.29, 1.82) is 0 Å². The molecule has 0 N–H and O–H groups in total. The Labute approximate surface area is 457 Å². The van der Waals surface area contributed by atoms with Gasteiger partial charge in [0.2, 0.25) is 0 Å². The maximum Gasteiger partial charge on any atom is 0.135 e. The molecule has 6 nitrogen and oxygen atoms in total. The van der Waals surface area contributed by atoms with Crippen LogP contribution in [-0.4, -0.2) is 14.1 Å². The average Bonchev–Trinajstić information content (AvgIpc) is 4.19. The molecule has 0 unspecified atom stereocenters. The van der Waals surface area contributed by atoms with E-state index in [1.165, 1.54) is 27.6 Å². The second-order valence-electron chi connectivity index (χ2n) is 21.6. The number of fused-ring (bicyclic) bond motifs is 10. The van der Waals surface area contributed by atoms with Crippen LogP contribution in [0.1, 0.15) is 52.7 Å². The minimum absolute atomic E-state index is 0. The van der Waals surface area contributed by atoms with Crippen LogP contribution in [0.2, 0.25) is 0 Å². The van der Waals surface area contributed by atoms with Crippen molar-refractivity contribution in [2.24, 2.45) is 0 Å². The van der Waals surface area contributed by atoms with Crippen LogP contribution in [0.5, 0.6) is 11.5 Å². The number of aromatic nitrogens is 3. The summed E-state index contributed by atoms with van der Waals surface area (Å²) in [5.41, 5.74) is 12.8. The summed E-state index contributed by atoms with van der Waals surface area (Å²) in [6, 6.07) is 76.2. The molecule has 0 bridgehead atoms. The van der Waals surface area contributed by atoms with Crippen molar-refractivity contribution in [3.63, 3.8) is 0 Å². The number of para-hydroxylation sites is 3. The molecule has 0 spiro atoms. The van der Waals surface area contributed by atoms with E-state index in [-0.39, 0.29) is 31.9 Å². The molecule has 9 aromatic carbocycles. The van der Waals surface area contributed by atoms with Gasteiger partial charge in [0.1, 0.15) is 5.82 Å². The van der Waals surface area contributed by atoms with Gasteiger partial charge >= 0.3 is 0 Å². The molecule has 0 saturated carbocycles. The van der Waals surface area contributed by atoms with Gasteiger partial charge in [-0.25, -0.2) is 4.98 Å². The smallest absolute Gasteiger partial charge is 0.135 e. The summed E-state index contributed by atoms with van der Waals surface area (Å²) in [5, 5.41) is 8.92. The number of ether oxygens (including phenoxy) is 1. The summed E-state index contributed by atoms with van der Waals surface area (Å²) in [5.74, 6) is 1.72. The maximum atomic E-state index is 8.40. The Morgan fingerprint density at radius 2 is 1.13 bits per heavy atom. The van der Waals surface area contributed by atoms with Crippen LogP contribution in [-0.2, 0) is 31.9 Å². The van der Waals surface area contributed by atoms with Crippen molar-refractivity contribution in [3.8, 4) is 39.6 Å². The van der Waals surface area contributed by atoms with Gasteiger partial charge in [-0.2, -0.15) is 6.07 Å².